The molecule has 2 heterocycles. The average Bonchev–Trinajstić information content (AvgIpc) is 3.21. The zero-order valence-electron chi connectivity index (χ0n) is 15.4. The van der Waals surface area contributed by atoms with Crippen molar-refractivity contribution in [3.8, 4) is 0 Å². The first-order chi connectivity index (χ1) is 12.4. The Morgan fingerprint density at radius 2 is 2.00 bits per heavy atom. The quantitative estimate of drug-likeness (QED) is 0.857. The van der Waals surface area contributed by atoms with E-state index in [2.05, 4.69) is 20.5 Å². The molecule has 1 saturated heterocycles. The summed E-state index contributed by atoms with van der Waals surface area (Å²) in [6.07, 6.45) is 0.499. The number of aryl methyl sites for hydroxylation is 1. The van der Waals surface area contributed by atoms with Crippen LogP contribution in [0.3, 0.4) is 0 Å². The molecule has 7 heteroatoms. The number of H-pyrrole nitrogens is 1. The van der Waals surface area contributed by atoms with Crippen molar-refractivity contribution in [2.45, 2.75) is 39.2 Å². The van der Waals surface area contributed by atoms with Gasteiger partial charge in [-0.1, -0.05) is 32.0 Å². The van der Waals surface area contributed by atoms with Gasteiger partial charge in [0, 0.05) is 25.1 Å². The Morgan fingerprint density at radius 3 is 2.62 bits per heavy atom. The minimum absolute atomic E-state index is 0.105. The van der Waals surface area contributed by atoms with E-state index in [0.717, 1.165) is 5.82 Å². The van der Waals surface area contributed by atoms with E-state index in [-0.39, 0.29) is 23.8 Å². The van der Waals surface area contributed by atoms with Crippen molar-refractivity contribution < 1.29 is 9.59 Å². The molecule has 7 nitrogen and oxygen atoms in total. The number of nitrogens with zero attached hydrogens (tertiary/aromatic N) is 3. The number of carbonyl (C=O) groups excluding carboxylic acids is 2. The van der Waals surface area contributed by atoms with Gasteiger partial charge in [0.1, 0.15) is 5.82 Å². The summed E-state index contributed by atoms with van der Waals surface area (Å²) in [5.74, 6) is 1.49. The van der Waals surface area contributed by atoms with Crippen LogP contribution in [0.25, 0.3) is 0 Å². The van der Waals surface area contributed by atoms with Crippen LogP contribution < -0.4 is 5.32 Å². The van der Waals surface area contributed by atoms with E-state index in [1.165, 1.54) is 0 Å². The Labute approximate surface area is 153 Å². The summed E-state index contributed by atoms with van der Waals surface area (Å²) in [6.45, 7) is 6.88. The van der Waals surface area contributed by atoms with Gasteiger partial charge in [0.2, 0.25) is 5.91 Å². The van der Waals surface area contributed by atoms with Gasteiger partial charge in [-0.3, -0.25) is 14.7 Å². The molecule has 2 aromatic rings. The Morgan fingerprint density at radius 1 is 1.27 bits per heavy atom. The summed E-state index contributed by atoms with van der Waals surface area (Å²) < 4.78 is 0. The van der Waals surface area contributed by atoms with Crippen LogP contribution >= 0.6 is 0 Å². The van der Waals surface area contributed by atoms with E-state index in [1.807, 2.05) is 43.9 Å². The topological polar surface area (TPSA) is 91.0 Å². The Bertz CT molecular complexity index is 771. The molecule has 1 aliphatic rings. The lowest BCUT2D eigenvalue weighted by Crippen LogP contribution is -2.40. The van der Waals surface area contributed by atoms with E-state index in [0.29, 0.717) is 36.8 Å². The highest BCUT2D eigenvalue weighted by Gasteiger charge is 2.39. The number of amides is 2. The van der Waals surface area contributed by atoms with Crippen molar-refractivity contribution in [1.82, 2.24) is 25.4 Å². The molecule has 138 valence electrons. The molecule has 0 saturated carbocycles. The number of likely N-dealkylation sites (tertiary alicyclic amines) is 1. The fourth-order valence-corrected chi connectivity index (χ4v) is 3.26. The minimum Gasteiger partial charge on any atom is -0.347 e. The van der Waals surface area contributed by atoms with Crippen LogP contribution in [0.2, 0.25) is 0 Å². The molecule has 2 N–H and O–H groups in total. The number of nitrogens with one attached hydrogen (secondary N) is 2. The molecule has 1 fully saturated rings. The maximum absolute atomic E-state index is 12.6. The first kappa shape index (κ1) is 18.1. The zero-order chi connectivity index (χ0) is 18.7. The Kier molecular flexibility index (Phi) is 5.35. The summed E-state index contributed by atoms with van der Waals surface area (Å²) in [5, 5.41) is 10.2. The first-order valence-corrected chi connectivity index (χ1v) is 8.96. The lowest BCUT2D eigenvalue weighted by atomic mass is 10.0. The largest absolute Gasteiger partial charge is 0.347 e. The summed E-state index contributed by atoms with van der Waals surface area (Å²) >= 11 is 0. The maximum Gasteiger partial charge on any atom is 0.251 e. The molecule has 0 unspecified atom stereocenters. The fraction of sp³-hybridized carbons (Fsp3) is 0.474. The summed E-state index contributed by atoms with van der Waals surface area (Å²) in [5.41, 5.74) is 0.601. The maximum atomic E-state index is 12.6. The SMILES string of the molecule is Cc1nc([C@@H]2CN(C(=O)CC(C)C)C[C@H]2NC(=O)c2ccccc2)n[nH]1. The zero-order valence-corrected chi connectivity index (χ0v) is 15.4. The molecule has 0 aliphatic carbocycles. The van der Waals surface area contributed by atoms with Crippen molar-refractivity contribution in [3.05, 3.63) is 47.5 Å². The van der Waals surface area contributed by atoms with Crippen LogP contribution in [-0.2, 0) is 4.79 Å². The summed E-state index contributed by atoms with van der Waals surface area (Å²) in [7, 11) is 0. The highest BCUT2D eigenvalue weighted by Crippen LogP contribution is 2.26. The molecule has 3 rings (SSSR count). The van der Waals surface area contributed by atoms with Crippen molar-refractivity contribution >= 4 is 11.8 Å². The normalized spacial score (nSPS) is 19.8. The van der Waals surface area contributed by atoms with Crippen LogP contribution in [0.5, 0.6) is 0 Å². The smallest absolute Gasteiger partial charge is 0.251 e. The molecule has 1 aromatic heterocycles. The molecule has 1 aliphatic heterocycles. The third-order valence-corrected chi connectivity index (χ3v) is 4.55. The number of hydrogen-bond acceptors (Lipinski definition) is 4. The lowest BCUT2D eigenvalue weighted by Gasteiger charge is -2.18. The third kappa shape index (κ3) is 4.09. The number of aromatic nitrogens is 3. The van der Waals surface area contributed by atoms with Crippen molar-refractivity contribution in [2.75, 3.05) is 13.1 Å². The predicted octanol–water partition coefficient (Wildman–Crippen LogP) is 1.88. The van der Waals surface area contributed by atoms with E-state index >= 15 is 0 Å². The summed E-state index contributed by atoms with van der Waals surface area (Å²) in [4.78, 5) is 31.3. The Balaban J connectivity index is 1.77. The van der Waals surface area contributed by atoms with E-state index in [4.69, 9.17) is 0 Å². The highest BCUT2D eigenvalue weighted by molar-refractivity contribution is 5.94. The highest BCUT2D eigenvalue weighted by atomic mass is 16.2. The van der Waals surface area contributed by atoms with Crippen molar-refractivity contribution in [3.63, 3.8) is 0 Å². The molecule has 0 bridgehead atoms. The van der Waals surface area contributed by atoms with Crippen LogP contribution in [-0.4, -0.2) is 51.0 Å². The molecular formula is C19H25N5O2. The van der Waals surface area contributed by atoms with Gasteiger partial charge in [-0.15, -0.1) is 0 Å². The summed E-state index contributed by atoms with van der Waals surface area (Å²) in [6, 6.07) is 8.87. The van der Waals surface area contributed by atoms with Crippen molar-refractivity contribution in [1.29, 1.82) is 0 Å². The number of aromatic amines is 1. The lowest BCUT2D eigenvalue weighted by molar-refractivity contribution is -0.131. The first-order valence-electron chi connectivity index (χ1n) is 8.96. The van der Waals surface area contributed by atoms with Crippen molar-refractivity contribution in [2.24, 2.45) is 5.92 Å². The molecule has 0 spiro atoms. The molecule has 2 atom stereocenters. The van der Waals surface area contributed by atoms with Gasteiger partial charge in [0.15, 0.2) is 5.82 Å². The van der Waals surface area contributed by atoms with Gasteiger partial charge in [-0.2, -0.15) is 5.10 Å². The van der Waals surface area contributed by atoms with Gasteiger partial charge >= 0.3 is 0 Å². The average molecular weight is 355 g/mol. The van der Waals surface area contributed by atoms with Crippen LogP contribution in [0.1, 0.15) is 48.2 Å². The number of rotatable bonds is 5. The van der Waals surface area contributed by atoms with E-state index in [1.54, 1.807) is 12.1 Å². The van der Waals surface area contributed by atoms with Crippen LogP contribution in [0, 0.1) is 12.8 Å². The predicted molar refractivity (Wildman–Crippen MR) is 97.6 cm³/mol. The standard InChI is InChI=1S/C19H25N5O2/c1-12(2)9-17(25)24-10-15(18-20-13(3)22-23-18)16(11-24)21-19(26)14-7-5-4-6-8-14/h4-8,12,15-16H,9-11H2,1-3H3,(H,21,26)(H,20,22,23)/t15-,16-/m1/s1. The molecule has 1 aromatic carbocycles. The van der Waals surface area contributed by atoms with Gasteiger partial charge in [-0.05, 0) is 25.0 Å². The second-order valence-electron chi connectivity index (χ2n) is 7.23. The second kappa shape index (κ2) is 7.68. The number of hydrogen-bond donors (Lipinski definition) is 2. The van der Waals surface area contributed by atoms with E-state index < -0.39 is 0 Å². The number of carbonyl (C=O) groups is 2. The molecule has 0 radical (unpaired) electrons. The van der Waals surface area contributed by atoms with Gasteiger partial charge in [-0.25, -0.2) is 4.98 Å². The molecular weight excluding hydrogens is 330 g/mol. The second-order valence-corrected chi connectivity index (χ2v) is 7.23. The Hall–Kier alpha value is -2.70. The van der Waals surface area contributed by atoms with Gasteiger partial charge in [0.05, 0.1) is 12.0 Å². The van der Waals surface area contributed by atoms with E-state index in [9.17, 15) is 9.59 Å². The third-order valence-electron chi connectivity index (χ3n) is 4.55. The molecule has 2 amide bonds. The molecule has 26 heavy (non-hydrogen) atoms. The van der Waals surface area contributed by atoms with Gasteiger partial charge < -0.3 is 10.2 Å². The monoisotopic (exact) mass is 355 g/mol. The van der Waals surface area contributed by atoms with Crippen LogP contribution in [0.4, 0.5) is 0 Å². The van der Waals surface area contributed by atoms with Gasteiger partial charge in [0.25, 0.3) is 5.91 Å². The number of benzene rings is 1. The minimum atomic E-state index is -0.214. The fourth-order valence-electron chi connectivity index (χ4n) is 3.26. The van der Waals surface area contributed by atoms with Crippen LogP contribution in [0.15, 0.2) is 30.3 Å².